The Morgan fingerprint density at radius 2 is 1.90 bits per heavy atom. The second-order valence-corrected chi connectivity index (χ2v) is 4.85. The van der Waals surface area contributed by atoms with Crippen LogP contribution in [0.15, 0.2) is 6.33 Å². The predicted molar refractivity (Wildman–Crippen MR) is 86.2 cm³/mol. The van der Waals surface area contributed by atoms with Crippen LogP contribution in [-0.4, -0.2) is 57.5 Å². The first-order valence-corrected chi connectivity index (χ1v) is 7.52. The lowest BCUT2D eigenvalue weighted by molar-refractivity contribution is 0.191. The summed E-state index contributed by atoms with van der Waals surface area (Å²) in [5.74, 6) is 1.92. The van der Waals surface area contributed by atoms with Crippen LogP contribution in [0.2, 0.25) is 0 Å². The van der Waals surface area contributed by atoms with Gasteiger partial charge in [-0.1, -0.05) is 13.3 Å². The summed E-state index contributed by atoms with van der Waals surface area (Å²) < 4.78 is 10.4. The third-order valence-electron chi connectivity index (χ3n) is 3.30. The fourth-order valence-electron chi connectivity index (χ4n) is 2.30. The Labute approximate surface area is 127 Å². The van der Waals surface area contributed by atoms with Crippen molar-refractivity contribution in [2.45, 2.75) is 26.2 Å². The molecule has 1 aromatic heterocycles. The van der Waals surface area contributed by atoms with Crippen LogP contribution in [0.3, 0.4) is 0 Å². The van der Waals surface area contributed by atoms with E-state index < -0.39 is 0 Å². The van der Waals surface area contributed by atoms with Crippen molar-refractivity contribution in [1.82, 2.24) is 9.97 Å². The number of aromatic nitrogens is 2. The Morgan fingerprint density at radius 3 is 2.52 bits per heavy atom. The minimum atomic E-state index is 0.678. The molecule has 6 nitrogen and oxygen atoms in total. The number of nitrogens with one attached hydrogen (secondary N) is 1. The molecule has 1 aromatic rings. The Morgan fingerprint density at radius 1 is 1.14 bits per heavy atom. The van der Waals surface area contributed by atoms with Gasteiger partial charge in [0, 0.05) is 46.5 Å². The molecule has 0 saturated carbocycles. The van der Waals surface area contributed by atoms with Gasteiger partial charge in [-0.2, -0.15) is 0 Å². The molecule has 120 valence electrons. The Hall–Kier alpha value is -1.40. The molecule has 1 rings (SSSR count). The van der Waals surface area contributed by atoms with Gasteiger partial charge < -0.3 is 19.7 Å². The molecule has 0 unspecified atom stereocenters. The molecule has 0 aromatic carbocycles. The van der Waals surface area contributed by atoms with Crippen LogP contribution < -0.4 is 10.2 Å². The molecule has 0 atom stereocenters. The second kappa shape index (κ2) is 10.3. The van der Waals surface area contributed by atoms with Gasteiger partial charge in [-0.05, 0) is 12.8 Å². The fraction of sp³-hybridized carbons (Fsp3) is 0.733. The lowest BCUT2D eigenvalue weighted by Gasteiger charge is -2.26. The van der Waals surface area contributed by atoms with Gasteiger partial charge in [-0.15, -0.1) is 0 Å². The van der Waals surface area contributed by atoms with E-state index in [4.69, 9.17) is 9.47 Å². The molecule has 0 fully saturated rings. The number of ether oxygens (including phenoxy) is 2. The standard InChI is InChI=1S/C15H28N4O2/c1-5-7-13-14(16-2)17-12-18-15(13)19(9-11-21-4)8-6-10-20-3/h12H,5-11H2,1-4H3,(H,16,17,18). The summed E-state index contributed by atoms with van der Waals surface area (Å²) >= 11 is 0. The number of rotatable bonds is 11. The third-order valence-corrected chi connectivity index (χ3v) is 3.30. The molecular weight excluding hydrogens is 268 g/mol. The molecule has 0 amide bonds. The lowest BCUT2D eigenvalue weighted by atomic mass is 10.1. The van der Waals surface area contributed by atoms with Crippen LogP contribution in [0.25, 0.3) is 0 Å². The van der Waals surface area contributed by atoms with Crippen molar-refractivity contribution in [3.05, 3.63) is 11.9 Å². The molecule has 0 radical (unpaired) electrons. The molecule has 21 heavy (non-hydrogen) atoms. The minimum Gasteiger partial charge on any atom is -0.385 e. The summed E-state index contributed by atoms with van der Waals surface area (Å²) in [6, 6.07) is 0. The number of anilines is 2. The lowest BCUT2D eigenvalue weighted by Crippen LogP contribution is -2.31. The SMILES string of the molecule is CCCc1c(NC)ncnc1N(CCCOC)CCOC. The van der Waals surface area contributed by atoms with Crippen molar-refractivity contribution in [3.63, 3.8) is 0 Å². The highest BCUT2D eigenvalue weighted by molar-refractivity contribution is 5.58. The third kappa shape index (κ3) is 5.47. The summed E-state index contributed by atoms with van der Waals surface area (Å²) in [5, 5.41) is 3.17. The van der Waals surface area contributed by atoms with Crippen LogP contribution in [0.4, 0.5) is 11.6 Å². The van der Waals surface area contributed by atoms with E-state index in [0.29, 0.717) is 6.61 Å². The fourth-order valence-corrected chi connectivity index (χ4v) is 2.30. The molecule has 1 N–H and O–H groups in total. The molecular formula is C15H28N4O2. The maximum Gasteiger partial charge on any atom is 0.137 e. The smallest absolute Gasteiger partial charge is 0.137 e. The quantitative estimate of drug-likeness (QED) is 0.630. The summed E-state index contributed by atoms with van der Waals surface area (Å²) in [4.78, 5) is 11.1. The van der Waals surface area contributed by atoms with E-state index in [1.54, 1.807) is 20.5 Å². The molecule has 0 spiro atoms. The van der Waals surface area contributed by atoms with Crippen molar-refractivity contribution < 1.29 is 9.47 Å². The normalized spacial score (nSPS) is 10.7. The predicted octanol–water partition coefficient (Wildman–Crippen LogP) is 1.96. The Balaban J connectivity index is 2.97. The van der Waals surface area contributed by atoms with Crippen molar-refractivity contribution >= 4 is 11.6 Å². The van der Waals surface area contributed by atoms with Gasteiger partial charge in [-0.3, -0.25) is 0 Å². The molecule has 0 aliphatic heterocycles. The van der Waals surface area contributed by atoms with E-state index in [1.807, 2.05) is 7.05 Å². The molecule has 0 aliphatic rings. The van der Waals surface area contributed by atoms with Gasteiger partial charge in [0.15, 0.2) is 0 Å². The van der Waals surface area contributed by atoms with E-state index in [0.717, 1.165) is 50.6 Å². The Bertz CT molecular complexity index is 401. The molecule has 0 saturated heterocycles. The van der Waals surface area contributed by atoms with Gasteiger partial charge in [0.1, 0.15) is 18.0 Å². The van der Waals surface area contributed by atoms with Gasteiger partial charge in [0.05, 0.1) is 6.61 Å². The van der Waals surface area contributed by atoms with E-state index in [-0.39, 0.29) is 0 Å². The number of methoxy groups -OCH3 is 2. The second-order valence-electron chi connectivity index (χ2n) is 4.85. The highest BCUT2D eigenvalue weighted by Gasteiger charge is 2.16. The van der Waals surface area contributed by atoms with Gasteiger partial charge in [0.2, 0.25) is 0 Å². The summed E-state index contributed by atoms with van der Waals surface area (Å²) in [6.07, 6.45) is 4.60. The zero-order valence-corrected chi connectivity index (χ0v) is 13.7. The molecule has 1 heterocycles. The van der Waals surface area contributed by atoms with Crippen molar-refractivity contribution in [3.8, 4) is 0 Å². The van der Waals surface area contributed by atoms with E-state index >= 15 is 0 Å². The maximum atomic E-state index is 5.22. The summed E-state index contributed by atoms with van der Waals surface area (Å²) in [5.41, 5.74) is 1.18. The maximum absolute atomic E-state index is 5.22. The molecule has 0 aliphatic carbocycles. The van der Waals surface area contributed by atoms with Crippen LogP contribution in [-0.2, 0) is 15.9 Å². The van der Waals surface area contributed by atoms with E-state index in [1.165, 1.54) is 5.56 Å². The number of nitrogens with zero attached hydrogens (tertiary/aromatic N) is 3. The summed E-state index contributed by atoms with van der Waals surface area (Å²) in [7, 11) is 5.35. The van der Waals surface area contributed by atoms with Crippen molar-refractivity contribution in [1.29, 1.82) is 0 Å². The summed E-state index contributed by atoms with van der Waals surface area (Å²) in [6.45, 7) is 5.31. The largest absolute Gasteiger partial charge is 0.385 e. The monoisotopic (exact) mass is 296 g/mol. The average Bonchev–Trinajstić information content (AvgIpc) is 2.51. The van der Waals surface area contributed by atoms with Crippen LogP contribution in [0.5, 0.6) is 0 Å². The van der Waals surface area contributed by atoms with Crippen molar-refractivity contribution in [2.24, 2.45) is 0 Å². The number of hydrogen-bond acceptors (Lipinski definition) is 6. The molecule has 0 bridgehead atoms. The van der Waals surface area contributed by atoms with Crippen LogP contribution >= 0.6 is 0 Å². The first kappa shape index (κ1) is 17.7. The topological polar surface area (TPSA) is 59.5 Å². The first-order chi connectivity index (χ1) is 10.3. The van der Waals surface area contributed by atoms with Gasteiger partial charge >= 0.3 is 0 Å². The van der Waals surface area contributed by atoms with Gasteiger partial charge in [-0.25, -0.2) is 9.97 Å². The number of hydrogen-bond donors (Lipinski definition) is 1. The zero-order valence-electron chi connectivity index (χ0n) is 13.7. The van der Waals surface area contributed by atoms with Crippen LogP contribution in [0, 0.1) is 0 Å². The first-order valence-electron chi connectivity index (χ1n) is 7.52. The van der Waals surface area contributed by atoms with E-state index in [9.17, 15) is 0 Å². The highest BCUT2D eigenvalue weighted by atomic mass is 16.5. The van der Waals surface area contributed by atoms with Crippen molar-refractivity contribution in [2.75, 3.05) is 57.8 Å². The molecule has 6 heteroatoms. The van der Waals surface area contributed by atoms with E-state index in [2.05, 4.69) is 27.1 Å². The Kier molecular flexibility index (Phi) is 8.69. The minimum absolute atomic E-state index is 0.678. The zero-order chi connectivity index (χ0) is 15.5. The average molecular weight is 296 g/mol. The van der Waals surface area contributed by atoms with Gasteiger partial charge in [0.25, 0.3) is 0 Å². The van der Waals surface area contributed by atoms with Crippen LogP contribution in [0.1, 0.15) is 25.3 Å². The highest BCUT2D eigenvalue weighted by Crippen LogP contribution is 2.24.